The summed E-state index contributed by atoms with van der Waals surface area (Å²) in [7, 11) is -3.67. The molecule has 0 saturated carbocycles. The molecule has 0 aliphatic carbocycles. The molecule has 7 heteroatoms. The highest BCUT2D eigenvalue weighted by molar-refractivity contribution is 7.89. The predicted octanol–water partition coefficient (Wildman–Crippen LogP) is 3.67. The molecule has 0 aromatic heterocycles. The Kier molecular flexibility index (Phi) is 6.70. The molecule has 1 heterocycles. The minimum atomic E-state index is -3.67. The van der Waals surface area contributed by atoms with Crippen LogP contribution in [0.15, 0.2) is 53.4 Å². The van der Waals surface area contributed by atoms with Crippen LogP contribution >= 0.6 is 0 Å². The van der Waals surface area contributed by atoms with Crippen LogP contribution < -0.4 is 5.32 Å². The molecule has 1 N–H and O–H groups in total. The normalized spacial score (nSPS) is 17.1. The summed E-state index contributed by atoms with van der Waals surface area (Å²) in [6.07, 6.45) is 1.90. The van der Waals surface area contributed by atoms with Gasteiger partial charge in [0, 0.05) is 19.0 Å². The maximum atomic E-state index is 13.1. The summed E-state index contributed by atoms with van der Waals surface area (Å²) in [5, 5.41) is 3.05. The molecule has 0 radical (unpaired) electrons. The minimum Gasteiger partial charge on any atom is -0.349 e. The van der Waals surface area contributed by atoms with Crippen LogP contribution in [0.3, 0.4) is 0 Å². The molecule has 1 atom stereocenters. The van der Waals surface area contributed by atoms with E-state index in [9.17, 15) is 17.6 Å². The standard InChI is InChI=1S/C22H27FN2O3S/c1-3-17-4-6-18(7-5-17)16(2)24-22(26)19-12-14-25(15-13-19)29(27,28)21-10-8-20(23)9-11-21/h4-11,16,19H,3,12-15H2,1-2H3,(H,24,26)/t16-/m0/s1. The van der Waals surface area contributed by atoms with Crippen LogP contribution in [0.2, 0.25) is 0 Å². The molecule has 1 fully saturated rings. The van der Waals surface area contributed by atoms with Crippen LogP contribution in [0.4, 0.5) is 4.39 Å². The quantitative estimate of drug-likeness (QED) is 0.778. The van der Waals surface area contributed by atoms with Gasteiger partial charge < -0.3 is 5.32 Å². The highest BCUT2D eigenvalue weighted by Crippen LogP contribution is 2.25. The van der Waals surface area contributed by atoms with Gasteiger partial charge >= 0.3 is 0 Å². The number of carbonyl (C=O) groups is 1. The molecule has 5 nitrogen and oxygen atoms in total. The summed E-state index contributed by atoms with van der Waals surface area (Å²) in [5.74, 6) is -0.735. The number of sulfonamides is 1. The second kappa shape index (κ2) is 9.05. The van der Waals surface area contributed by atoms with E-state index in [1.54, 1.807) is 0 Å². The smallest absolute Gasteiger partial charge is 0.243 e. The summed E-state index contributed by atoms with van der Waals surface area (Å²) in [4.78, 5) is 12.7. The van der Waals surface area contributed by atoms with Gasteiger partial charge in [-0.1, -0.05) is 31.2 Å². The van der Waals surface area contributed by atoms with Gasteiger partial charge in [-0.25, -0.2) is 12.8 Å². The van der Waals surface area contributed by atoms with Crippen molar-refractivity contribution in [3.63, 3.8) is 0 Å². The second-order valence-corrected chi connectivity index (χ2v) is 9.40. The first-order valence-corrected chi connectivity index (χ1v) is 11.4. The van der Waals surface area contributed by atoms with Crippen LogP contribution in [0.5, 0.6) is 0 Å². The number of nitrogens with one attached hydrogen (secondary N) is 1. The lowest BCUT2D eigenvalue weighted by Crippen LogP contribution is -2.43. The van der Waals surface area contributed by atoms with Crippen molar-refractivity contribution in [3.05, 3.63) is 65.5 Å². The molecule has 156 valence electrons. The van der Waals surface area contributed by atoms with Gasteiger partial charge in [0.15, 0.2) is 0 Å². The SMILES string of the molecule is CCc1ccc([C@H](C)NC(=O)C2CCN(S(=O)(=O)c3ccc(F)cc3)CC2)cc1. The summed E-state index contributed by atoms with van der Waals surface area (Å²) in [6, 6.07) is 12.9. The Bertz CT molecular complexity index is 935. The summed E-state index contributed by atoms with van der Waals surface area (Å²) in [5.41, 5.74) is 2.30. The molecule has 29 heavy (non-hydrogen) atoms. The maximum absolute atomic E-state index is 13.1. The third kappa shape index (κ3) is 5.03. The highest BCUT2D eigenvalue weighted by Gasteiger charge is 2.32. The van der Waals surface area contributed by atoms with E-state index in [1.165, 1.54) is 22.0 Å². The van der Waals surface area contributed by atoms with Gasteiger partial charge in [0.05, 0.1) is 10.9 Å². The molecule has 1 amide bonds. The molecule has 1 saturated heterocycles. The molecule has 0 spiro atoms. The van der Waals surface area contributed by atoms with E-state index < -0.39 is 15.8 Å². The largest absolute Gasteiger partial charge is 0.349 e. The van der Waals surface area contributed by atoms with E-state index in [2.05, 4.69) is 24.4 Å². The van der Waals surface area contributed by atoms with Crippen molar-refractivity contribution in [3.8, 4) is 0 Å². The lowest BCUT2D eigenvalue weighted by Gasteiger charge is -2.31. The fourth-order valence-corrected chi connectivity index (χ4v) is 5.04. The first-order valence-electron chi connectivity index (χ1n) is 9.96. The number of carbonyl (C=O) groups excluding carboxylic acids is 1. The number of benzene rings is 2. The number of hydrogen-bond acceptors (Lipinski definition) is 3. The molecule has 0 unspecified atom stereocenters. The lowest BCUT2D eigenvalue weighted by molar-refractivity contribution is -0.126. The predicted molar refractivity (Wildman–Crippen MR) is 110 cm³/mol. The third-order valence-electron chi connectivity index (χ3n) is 5.52. The first kappa shape index (κ1) is 21.5. The van der Waals surface area contributed by atoms with E-state index in [1.807, 2.05) is 19.1 Å². The van der Waals surface area contributed by atoms with E-state index in [0.29, 0.717) is 12.8 Å². The Morgan fingerprint density at radius 2 is 1.69 bits per heavy atom. The van der Waals surface area contributed by atoms with Gasteiger partial charge in [-0.05, 0) is 61.6 Å². The molecule has 2 aromatic rings. The Labute approximate surface area is 172 Å². The number of nitrogens with zero attached hydrogens (tertiary/aromatic N) is 1. The zero-order valence-electron chi connectivity index (χ0n) is 16.8. The van der Waals surface area contributed by atoms with Crippen molar-refractivity contribution in [2.45, 2.75) is 44.0 Å². The average Bonchev–Trinajstić information content (AvgIpc) is 2.74. The monoisotopic (exact) mass is 418 g/mol. The zero-order chi connectivity index (χ0) is 21.0. The number of aryl methyl sites for hydroxylation is 1. The van der Waals surface area contributed by atoms with E-state index in [-0.39, 0.29) is 35.9 Å². The third-order valence-corrected chi connectivity index (χ3v) is 7.44. The van der Waals surface area contributed by atoms with Gasteiger partial charge in [0.2, 0.25) is 15.9 Å². The topological polar surface area (TPSA) is 66.5 Å². The van der Waals surface area contributed by atoms with E-state index in [0.717, 1.165) is 24.1 Å². The van der Waals surface area contributed by atoms with E-state index >= 15 is 0 Å². The van der Waals surface area contributed by atoms with Crippen LogP contribution in [-0.4, -0.2) is 31.7 Å². The fraction of sp³-hybridized carbons (Fsp3) is 0.409. The number of rotatable bonds is 6. The van der Waals surface area contributed by atoms with Crippen molar-refractivity contribution in [2.75, 3.05) is 13.1 Å². The lowest BCUT2D eigenvalue weighted by atomic mass is 9.96. The van der Waals surface area contributed by atoms with Crippen LogP contribution in [0.1, 0.15) is 43.9 Å². The van der Waals surface area contributed by atoms with Crippen molar-refractivity contribution < 1.29 is 17.6 Å². The van der Waals surface area contributed by atoms with E-state index in [4.69, 9.17) is 0 Å². The van der Waals surface area contributed by atoms with Gasteiger partial charge in [-0.3, -0.25) is 4.79 Å². The van der Waals surface area contributed by atoms with Crippen molar-refractivity contribution in [2.24, 2.45) is 5.92 Å². The number of halogens is 1. The second-order valence-electron chi connectivity index (χ2n) is 7.46. The number of hydrogen-bond donors (Lipinski definition) is 1. The summed E-state index contributed by atoms with van der Waals surface area (Å²) < 4.78 is 39.8. The zero-order valence-corrected chi connectivity index (χ0v) is 17.6. The molecule has 3 rings (SSSR count). The summed E-state index contributed by atoms with van der Waals surface area (Å²) in [6.45, 7) is 4.60. The molecular formula is C22H27FN2O3S. The van der Waals surface area contributed by atoms with Crippen molar-refractivity contribution in [1.82, 2.24) is 9.62 Å². The van der Waals surface area contributed by atoms with Gasteiger partial charge in [-0.2, -0.15) is 4.31 Å². The van der Waals surface area contributed by atoms with Crippen molar-refractivity contribution >= 4 is 15.9 Å². The highest BCUT2D eigenvalue weighted by atomic mass is 32.2. The van der Waals surface area contributed by atoms with Crippen LogP contribution in [0, 0.1) is 11.7 Å². The van der Waals surface area contributed by atoms with Gasteiger partial charge in [-0.15, -0.1) is 0 Å². The maximum Gasteiger partial charge on any atom is 0.243 e. The summed E-state index contributed by atoms with van der Waals surface area (Å²) >= 11 is 0. The molecule has 1 aliphatic rings. The van der Waals surface area contributed by atoms with Crippen LogP contribution in [0.25, 0.3) is 0 Å². The fourth-order valence-electron chi connectivity index (χ4n) is 3.57. The molecule has 1 aliphatic heterocycles. The Morgan fingerprint density at radius 3 is 2.24 bits per heavy atom. The Hall–Kier alpha value is -2.25. The number of amides is 1. The number of piperidine rings is 1. The van der Waals surface area contributed by atoms with Crippen molar-refractivity contribution in [1.29, 1.82) is 0 Å². The Balaban J connectivity index is 1.56. The molecule has 2 aromatic carbocycles. The minimum absolute atomic E-state index is 0.0455. The average molecular weight is 419 g/mol. The molecular weight excluding hydrogens is 391 g/mol. The van der Waals surface area contributed by atoms with Gasteiger partial charge in [0.25, 0.3) is 0 Å². The first-order chi connectivity index (χ1) is 13.8. The molecule has 0 bridgehead atoms. The van der Waals surface area contributed by atoms with Gasteiger partial charge in [0.1, 0.15) is 5.82 Å². The Morgan fingerprint density at radius 1 is 1.10 bits per heavy atom. The van der Waals surface area contributed by atoms with Crippen LogP contribution in [-0.2, 0) is 21.2 Å².